The number of hydrogen-bond donors (Lipinski definition) is 2. The van der Waals surface area contributed by atoms with Crippen LogP contribution in [0.1, 0.15) is 49.0 Å². The average molecular weight is 273 g/mol. The van der Waals surface area contributed by atoms with Gasteiger partial charge in [-0.3, -0.25) is 0 Å². The maximum absolute atomic E-state index is 10.9. The number of hydrogen-bond acceptors (Lipinski definition) is 3. The van der Waals surface area contributed by atoms with Crippen LogP contribution < -0.4 is 5.73 Å². The zero-order chi connectivity index (χ0) is 14.9. The normalized spacial score (nSPS) is 19.1. The van der Waals surface area contributed by atoms with Gasteiger partial charge in [-0.25, -0.2) is 4.79 Å². The molecule has 0 fully saturated rings. The summed E-state index contributed by atoms with van der Waals surface area (Å²) in [5.41, 5.74) is 9.39. The smallest absolute Gasteiger partial charge is 0.335 e. The molecule has 0 amide bonds. The molecule has 0 radical (unpaired) electrons. The van der Waals surface area contributed by atoms with Gasteiger partial charge < -0.3 is 15.6 Å². The first-order valence-corrected chi connectivity index (χ1v) is 6.62. The summed E-state index contributed by atoms with van der Waals surface area (Å²) < 4.78 is 5.56. The van der Waals surface area contributed by atoms with E-state index < -0.39 is 5.97 Å². The molecule has 1 unspecified atom stereocenters. The third-order valence-electron chi connectivity index (χ3n) is 3.76. The summed E-state index contributed by atoms with van der Waals surface area (Å²) >= 11 is 0. The van der Waals surface area contributed by atoms with Gasteiger partial charge in [-0.15, -0.1) is 0 Å². The number of carbonyl (C=O) groups is 1. The summed E-state index contributed by atoms with van der Waals surface area (Å²) in [5, 5.41) is 8.96. The molecule has 4 heteroatoms. The number of carboxylic acid groups (broad SMARTS) is 1. The minimum absolute atomic E-state index is 0.0663. The van der Waals surface area contributed by atoms with Crippen LogP contribution in [0.15, 0.2) is 47.1 Å². The number of nitrogens with two attached hydrogens (primary N) is 1. The first-order valence-electron chi connectivity index (χ1n) is 6.62. The molecule has 0 spiro atoms. The van der Waals surface area contributed by atoms with Crippen LogP contribution in [-0.4, -0.2) is 11.1 Å². The first kappa shape index (κ1) is 14.2. The molecule has 3 N–H and O–H groups in total. The molecule has 1 atom stereocenters. The Kier molecular flexibility index (Phi) is 3.84. The lowest BCUT2D eigenvalue weighted by Gasteiger charge is -2.29. The molecule has 20 heavy (non-hydrogen) atoms. The first-order chi connectivity index (χ1) is 9.45. The summed E-state index contributed by atoms with van der Waals surface area (Å²) in [6.45, 7) is 5.94. The molecule has 0 aromatic heterocycles. The van der Waals surface area contributed by atoms with Gasteiger partial charge in [0.1, 0.15) is 5.76 Å². The van der Waals surface area contributed by atoms with E-state index in [4.69, 9.17) is 15.6 Å². The quantitative estimate of drug-likeness (QED) is 0.885. The van der Waals surface area contributed by atoms with Crippen LogP contribution >= 0.6 is 0 Å². The van der Waals surface area contributed by atoms with E-state index >= 15 is 0 Å². The van der Waals surface area contributed by atoms with E-state index in [0.29, 0.717) is 5.88 Å². The van der Waals surface area contributed by atoms with Crippen molar-refractivity contribution in [3.8, 4) is 0 Å². The predicted octanol–water partition coefficient (Wildman–Crippen LogP) is 3.37. The van der Waals surface area contributed by atoms with Crippen LogP contribution in [0.3, 0.4) is 0 Å². The summed E-state index contributed by atoms with van der Waals surface area (Å²) in [6.07, 6.45) is 0.863. The highest BCUT2D eigenvalue weighted by Gasteiger charge is 2.27. The van der Waals surface area contributed by atoms with E-state index in [9.17, 15) is 4.79 Å². The van der Waals surface area contributed by atoms with E-state index in [1.807, 2.05) is 26.0 Å². The van der Waals surface area contributed by atoms with Gasteiger partial charge in [0.15, 0.2) is 5.88 Å². The molecule has 1 aromatic carbocycles. The van der Waals surface area contributed by atoms with E-state index in [-0.39, 0.29) is 11.5 Å². The molecule has 0 aliphatic carbocycles. The lowest BCUT2D eigenvalue weighted by molar-refractivity contribution is 0.0697. The third kappa shape index (κ3) is 2.41. The van der Waals surface area contributed by atoms with Crippen molar-refractivity contribution in [3.63, 3.8) is 0 Å². The standard InChI is InChI=1S/C16H19NO3/c1-4-13-10(3)20-15(17)9(2)14(13)11-5-7-12(8-6-11)16(18)19/h5-8,14H,4,17H2,1-3H3,(H,18,19). The van der Waals surface area contributed by atoms with Crippen molar-refractivity contribution < 1.29 is 14.6 Å². The van der Waals surface area contributed by atoms with Gasteiger partial charge in [0, 0.05) is 5.92 Å². The van der Waals surface area contributed by atoms with Crippen molar-refractivity contribution in [2.45, 2.75) is 33.1 Å². The van der Waals surface area contributed by atoms with Gasteiger partial charge in [0.25, 0.3) is 0 Å². The van der Waals surface area contributed by atoms with E-state index in [0.717, 1.165) is 23.3 Å². The molecule has 4 nitrogen and oxygen atoms in total. The van der Waals surface area contributed by atoms with Crippen molar-refractivity contribution in [1.29, 1.82) is 0 Å². The molecule has 2 rings (SSSR count). The molecular weight excluding hydrogens is 254 g/mol. The lowest BCUT2D eigenvalue weighted by atomic mass is 9.82. The van der Waals surface area contributed by atoms with Gasteiger partial charge >= 0.3 is 5.97 Å². The van der Waals surface area contributed by atoms with Gasteiger partial charge in [-0.1, -0.05) is 19.1 Å². The van der Waals surface area contributed by atoms with E-state index in [1.165, 1.54) is 5.57 Å². The Morgan fingerprint density at radius 1 is 1.30 bits per heavy atom. The van der Waals surface area contributed by atoms with Gasteiger partial charge in [-0.05, 0) is 49.1 Å². The molecule has 1 heterocycles. The van der Waals surface area contributed by atoms with Gasteiger partial charge in [0.05, 0.1) is 5.56 Å². The second-order valence-electron chi connectivity index (χ2n) is 4.94. The zero-order valence-corrected chi connectivity index (χ0v) is 11.9. The molecule has 0 bridgehead atoms. The third-order valence-corrected chi connectivity index (χ3v) is 3.76. The summed E-state index contributed by atoms with van der Waals surface area (Å²) in [4.78, 5) is 10.9. The summed E-state index contributed by atoms with van der Waals surface area (Å²) in [5.74, 6) is 0.421. The van der Waals surface area contributed by atoms with Crippen LogP contribution in [-0.2, 0) is 4.74 Å². The Balaban J connectivity index is 2.47. The topological polar surface area (TPSA) is 72.5 Å². The Hall–Kier alpha value is -2.23. The highest BCUT2D eigenvalue weighted by molar-refractivity contribution is 5.87. The lowest BCUT2D eigenvalue weighted by Crippen LogP contribution is -2.19. The molecular formula is C16H19NO3. The highest BCUT2D eigenvalue weighted by atomic mass is 16.5. The Labute approximate surface area is 118 Å². The largest absolute Gasteiger partial charge is 0.478 e. The van der Waals surface area contributed by atoms with Crippen molar-refractivity contribution in [2.75, 3.05) is 0 Å². The molecule has 1 aliphatic heterocycles. The van der Waals surface area contributed by atoms with Crippen molar-refractivity contribution in [2.24, 2.45) is 5.73 Å². The van der Waals surface area contributed by atoms with Crippen molar-refractivity contribution >= 4 is 5.97 Å². The van der Waals surface area contributed by atoms with Gasteiger partial charge in [0.2, 0.25) is 0 Å². The summed E-state index contributed by atoms with van der Waals surface area (Å²) in [7, 11) is 0. The highest BCUT2D eigenvalue weighted by Crippen LogP contribution is 2.40. The predicted molar refractivity (Wildman–Crippen MR) is 77.1 cm³/mol. The Bertz CT molecular complexity index is 597. The molecule has 0 saturated carbocycles. The summed E-state index contributed by atoms with van der Waals surface area (Å²) in [6, 6.07) is 6.94. The fraction of sp³-hybridized carbons (Fsp3) is 0.312. The monoisotopic (exact) mass is 273 g/mol. The number of aromatic carboxylic acids is 1. The second kappa shape index (κ2) is 5.41. The SMILES string of the molecule is CCC1=C(C)OC(N)=C(C)C1c1ccc(C(=O)O)cc1. The van der Waals surface area contributed by atoms with E-state index in [2.05, 4.69) is 6.92 Å². The van der Waals surface area contributed by atoms with E-state index in [1.54, 1.807) is 12.1 Å². The average Bonchev–Trinajstić information content (AvgIpc) is 2.42. The number of allylic oxidation sites excluding steroid dienone is 3. The van der Waals surface area contributed by atoms with Crippen LogP contribution in [0.5, 0.6) is 0 Å². The van der Waals surface area contributed by atoms with Crippen LogP contribution in [0.4, 0.5) is 0 Å². The number of rotatable bonds is 3. The number of ether oxygens (including phenoxy) is 1. The van der Waals surface area contributed by atoms with Crippen LogP contribution in [0.2, 0.25) is 0 Å². The maximum Gasteiger partial charge on any atom is 0.335 e. The maximum atomic E-state index is 10.9. The second-order valence-corrected chi connectivity index (χ2v) is 4.94. The fourth-order valence-electron chi connectivity index (χ4n) is 2.64. The molecule has 1 aromatic rings. The fourth-order valence-corrected chi connectivity index (χ4v) is 2.64. The minimum atomic E-state index is -0.919. The van der Waals surface area contributed by atoms with Crippen LogP contribution in [0.25, 0.3) is 0 Å². The Morgan fingerprint density at radius 3 is 2.40 bits per heavy atom. The Morgan fingerprint density at radius 2 is 1.90 bits per heavy atom. The van der Waals surface area contributed by atoms with Crippen molar-refractivity contribution in [1.82, 2.24) is 0 Å². The minimum Gasteiger partial charge on any atom is -0.478 e. The molecule has 0 saturated heterocycles. The molecule has 1 aliphatic rings. The van der Waals surface area contributed by atoms with Crippen LogP contribution in [0, 0.1) is 0 Å². The number of carboxylic acids is 1. The molecule has 106 valence electrons. The van der Waals surface area contributed by atoms with Gasteiger partial charge in [-0.2, -0.15) is 0 Å². The van der Waals surface area contributed by atoms with Crippen molar-refractivity contribution in [3.05, 3.63) is 58.2 Å². The number of benzene rings is 1. The zero-order valence-electron chi connectivity index (χ0n) is 11.9.